The summed E-state index contributed by atoms with van der Waals surface area (Å²) in [6.07, 6.45) is 0. The summed E-state index contributed by atoms with van der Waals surface area (Å²) in [4.78, 5) is 50.1. The highest BCUT2D eigenvalue weighted by atomic mass is 32.2. The number of nitrogens with zero attached hydrogens (tertiary/aromatic N) is 2. The van der Waals surface area contributed by atoms with Crippen LogP contribution in [0.15, 0.2) is 59.5 Å². The number of hydrogen-bond acceptors (Lipinski definition) is 6. The van der Waals surface area contributed by atoms with Crippen molar-refractivity contribution in [2.45, 2.75) is 10.8 Å². The summed E-state index contributed by atoms with van der Waals surface area (Å²) in [5.41, 5.74) is 0.565. The van der Waals surface area contributed by atoms with Crippen molar-refractivity contribution in [3.8, 4) is 0 Å². The molecule has 2 aliphatic heterocycles. The fourth-order valence-electron chi connectivity index (χ4n) is 3.38. The Labute approximate surface area is 160 Å². The quantitative estimate of drug-likeness (QED) is 0.699. The molecule has 3 amide bonds. The number of sulfonamides is 1. The number of hydrogen-bond donors (Lipinski definition) is 0. The Balaban J connectivity index is 1.57. The van der Waals surface area contributed by atoms with E-state index < -0.39 is 46.0 Å². The Hall–Kier alpha value is -3.33. The lowest BCUT2D eigenvalue weighted by Gasteiger charge is -2.19. The summed E-state index contributed by atoms with van der Waals surface area (Å²) in [6.45, 7) is -1.02. The number of carbonyl (C=O) groups excluding carboxylic acids is 4. The van der Waals surface area contributed by atoms with E-state index in [0.717, 1.165) is 0 Å². The molecule has 2 aromatic rings. The van der Waals surface area contributed by atoms with Gasteiger partial charge in [0.25, 0.3) is 21.8 Å². The Kier molecular flexibility index (Phi) is 4.11. The van der Waals surface area contributed by atoms with Gasteiger partial charge in [-0.1, -0.05) is 42.5 Å². The van der Waals surface area contributed by atoms with Crippen LogP contribution >= 0.6 is 0 Å². The predicted molar refractivity (Wildman–Crippen MR) is 95.6 cm³/mol. The number of Topliss-reactive ketones (excluding diaryl/α,β-unsaturated/α-hetero) is 1. The van der Waals surface area contributed by atoms with Crippen LogP contribution in [0.1, 0.15) is 21.8 Å². The number of fused-ring (bicyclic) bond motifs is 1. The zero-order chi connectivity index (χ0) is 20.1. The second kappa shape index (κ2) is 6.38. The van der Waals surface area contributed by atoms with E-state index in [2.05, 4.69) is 0 Å². The van der Waals surface area contributed by atoms with E-state index in [4.69, 9.17) is 0 Å². The van der Waals surface area contributed by atoms with Crippen LogP contribution in [0.3, 0.4) is 0 Å². The van der Waals surface area contributed by atoms with Gasteiger partial charge < -0.3 is 0 Å². The first-order chi connectivity index (χ1) is 13.3. The molecule has 0 radical (unpaired) electrons. The molecule has 1 saturated heterocycles. The summed E-state index contributed by atoms with van der Waals surface area (Å²) in [6, 6.07) is 14.2. The highest BCUT2D eigenvalue weighted by Gasteiger charge is 2.46. The van der Waals surface area contributed by atoms with Gasteiger partial charge in [0, 0.05) is 6.54 Å². The number of rotatable bonds is 3. The maximum absolute atomic E-state index is 12.6. The number of carbonyl (C=O) groups is 4. The van der Waals surface area contributed by atoms with Gasteiger partial charge in [-0.25, -0.2) is 12.7 Å². The summed E-state index contributed by atoms with van der Waals surface area (Å²) in [5, 5.41) is 0. The van der Waals surface area contributed by atoms with Crippen LogP contribution in [0.5, 0.6) is 0 Å². The van der Waals surface area contributed by atoms with Gasteiger partial charge in [-0.2, -0.15) is 0 Å². The Morgan fingerprint density at radius 2 is 1.57 bits per heavy atom. The molecular weight excluding hydrogens is 384 g/mol. The van der Waals surface area contributed by atoms with Crippen molar-refractivity contribution in [1.29, 1.82) is 0 Å². The van der Waals surface area contributed by atoms with Gasteiger partial charge in [-0.15, -0.1) is 0 Å². The van der Waals surface area contributed by atoms with E-state index in [1.54, 1.807) is 30.3 Å². The molecule has 142 valence electrons. The van der Waals surface area contributed by atoms with Gasteiger partial charge in [0.05, 0.1) is 11.5 Å². The van der Waals surface area contributed by atoms with Crippen LogP contribution in [0.4, 0.5) is 0 Å². The van der Waals surface area contributed by atoms with Crippen molar-refractivity contribution in [3.63, 3.8) is 0 Å². The number of amides is 3. The molecule has 9 heteroatoms. The summed E-state index contributed by atoms with van der Waals surface area (Å²) in [7, 11) is -4.18. The second-order valence-corrected chi connectivity index (χ2v) is 8.28. The molecule has 0 spiro atoms. The van der Waals surface area contributed by atoms with Crippen LogP contribution in [-0.4, -0.2) is 54.2 Å². The molecule has 0 bridgehead atoms. The van der Waals surface area contributed by atoms with E-state index >= 15 is 0 Å². The van der Waals surface area contributed by atoms with Crippen LogP contribution in [0, 0.1) is 0 Å². The van der Waals surface area contributed by atoms with Crippen molar-refractivity contribution in [1.82, 2.24) is 9.21 Å². The minimum Gasteiger partial charge on any atom is -0.288 e. The first kappa shape index (κ1) is 18.1. The van der Waals surface area contributed by atoms with Crippen LogP contribution < -0.4 is 0 Å². The van der Waals surface area contributed by atoms with Crippen LogP contribution in [0.25, 0.3) is 0 Å². The van der Waals surface area contributed by atoms with Crippen molar-refractivity contribution in [2.75, 3.05) is 13.1 Å². The monoisotopic (exact) mass is 398 g/mol. The van der Waals surface area contributed by atoms with Gasteiger partial charge in [-0.3, -0.25) is 24.1 Å². The maximum atomic E-state index is 12.6. The number of ketones is 1. The van der Waals surface area contributed by atoms with Crippen LogP contribution in [-0.2, 0) is 24.4 Å². The second-order valence-electron chi connectivity index (χ2n) is 6.45. The van der Waals surface area contributed by atoms with Crippen molar-refractivity contribution in [2.24, 2.45) is 0 Å². The molecular formula is C19H14N2O6S. The molecule has 2 heterocycles. The predicted octanol–water partition coefficient (Wildman–Crippen LogP) is 0.553. The molecule has 8 nitrogen and oxygen atoms in total. The number of likely N-dealkylation sites (tertiary alicyclic amines) is 1. The molecule has 0 saturated carbocycles. The SMILES string of the molecule is O=C1C(=O)N(C(=O)CN2C(=O)c3ccccc3S2(=O)=O)C[C@@H]1c1ccccc1. The van der Waals surface area contributed by atoms with Crippen molar-refractivity contribution >= 4 is 33.5 Å². The van der Waals surface area contributed by atoms with Gasteiger partial charge >= 0.3 is 0 Å². The smallest absolute Gasteiger partial charge is 0.288 e. The van der Waals surface area contributed by atoms with Crippen molar-refractivity contribution in [3.05, 3.63) is 65.7 Å². The standard InChI is InChI=1S/C19H14N2O6S/c22-16(11-21-18(24)13-8-4-5-9-15(13)28(21,26)27)20-10-14(17(23)19(20)25)12-6-2-1-3-7-12/h1-9,14H,10-11H2/t14-/m1/s1. The Bertz CT molecular complexity index is 1130. The van der Waals surface area contributed by atoms with Gasteiger partial charge in [0.2, 0.25) is 11.7 Å². The average Bonchev–Trinajstić information content (AvgIpc) is 3.10. The molecule has 0 unspecified atom stereocenters. The fourth-order valence-corrected chi connectivity index (χ4v) is 4.90. The molecule has 0 aliphatic carbocycles. The normalized spacial score (nSPS) is 20.6. The first-order valence-corrected chi connectivity index (χ1v) is 9.86. The van der Waals surface area contributed by atoms with E-state index in [1.807, 2.05) is 0 Å². The molecule has 2 aliphatic rings. The summed E-state index contributed by atoms with van der Waals surface area (Å²) < 4.78 is 25.6. The molecule has 0 aromatic heterocycles. The third-order valence-electron chi connectivity index (χ3n) is 4.83. The van der Waals surface area contributed by atoms with E-state index in [1.165, 1.54) is 24.3 Å². The van der Waals surface area contributed by atoms with E-state index in [0.29, 0.717) is 14.8 Å². The summed E-state index contributed by atoms with van der Waals surface area (Å²) >= 11 is 0. The third-order valence-corrected chi connectivity index (χ3v) is 6.62. The number of imide groups is 1. The first-order valence-electron chi connectivity index (χ1n) is 8.42. The lowest BCUT2D eigenvalue weighted by molar-refractivity contribution is -0.147. The molecule has 0 N–H and O–H groups in total. The summed E-state index contributed by atoms with van der Waals surface area (Å²) in [5.74, 6) is -4.29. The van der Waals surface area contributed by atoms with Gasteiger partial charge in [0.1, 0.15) is 11.4 Å². The zero-order valence-corrected chi connectivity index (χ0v) is 15.3. The van der Waals surface area contributed by atoms with Gasteiger partial charge in [-0.05, 0) is 17.7 Å². The highest BCUT2D eigenvalue weighted by Crippen LogP contribution is 2.31. The molecule has 1 atom stereocenters. The Morgan fingerprint density at radius 1 is 0.929 bits per heavy atom. The minimum absolute atomic E-state index is 0.0266. The number of benzene rings is 2. The molecule has 1 fully saturated rings. The molecule has 28 heavy (non-hydrogen) atoms. The lowest BCUT2D eigenvalue weighted by Crippen LogP contribution is -2.43. The lowest BCUT2D eigenvalue weighted by atomic mass is 9.97. The largest absolute Gasteiger partial charge is 0.297 e. The van der Waals surface area contributed by atoms with Crippen molar-refractivity contribution < 1.29 is 27.6 Å². The fraction of sp³-hybridized carbons (Fsp3) is 0.158. The minimum atomic E-state index is -4.18. The zero-order valence-electron chi connectivity index (χ0n) is 14.4. The van der Waals surface area contributed by atoms with Gasteiger partial charge in [0.15, 0.2) is 0 Å². The molecule has 2 aromatic carbocycles. The topological polar surface area (TPSA) is 109 Å². The highest BCUT2D eigenvalue weighted by molar-refractivity contribution is 7.90. The Morgan fingerprint density at radius 3 is 2.25 bits per heavy atom. The van der Waals surface area contributed by atoms with E-state index in [-0.39, 0.29) is 17.0 Å². The van der Waals surface area contributed by atoms with Crippen LogP contribution in [0.2, 0.25) is 0 Å². The van der Waals surface area contributed by atoms with E-state index in [9.17, 15) is 27.6 Å². The maximum Gasteiger partial charge on any atom is 0.297 e. The molecule has 4 rings (SSSR count). The average molecular weight is 398 g/mol. The third kappa shape index (κ3) is 2.63.